The predicted octanol–water partition coefficient (Wildman–Crippen LogP) is 0.0539. The maximum absolute atomic E-state index is 10.6. The summed E-state index contributed by atoms with van der Waals surface area (Å²) < 4.78 is 5.21. The zero-order valence-corrected chi connectivity index (χ0v) is 6.23. The molecule has 1 amide bonds. The van der Waals surface area contributed by atoms with E-state index >= 15 is 0 Å². The van der Waals surface area contributed by atoms with Crippen molar-refractivity contribution in [3.8, 4) is 0 Å². The second-order valence-corrected chi connectivity index (χ2v) is 3.32. The van der Waals surface area contributed by atoms with Gasteiger partial charge in [0.15, 0.2) is 0 Å². The van der Waals surface area contributed by atoms with E-state index in [0.717, 1.165) is 12.8 Å². The van der Waals surface area contributed by atoms with E-state index in [9.17, 15) is 4.79 Å². The molecule has 0 atom stereocenters. The molecular weight excluding hydrogens is 130 g/mol. The van der Waals surface area contributed by atoms with Crippen molar-refractivity contribution in [1.82, 2.24) is 5.32 Å². The number of hydrogen-bond acceptors (Lipinski definition) is 2. The molecule has 0 aromatic heterocycles. The zero-order valence-electron chi connectivity index (χ0n) is 6.23. The van der Waals surface area contributed by atoms with Crippen LogP contribution >= 0.6 is 0 Å². The van der Waals surface area contributed by atoms with Gasteiger partial charge >= 0.3 is 0 Å². The van der Waals surface area contributed by atoms with Gasteiger partial charge in [0.05, 0.1) is 11.1 Å². The molecule has 2 aliphatic rings. The fraction of sp³-hybridized carbons (Fsp3) is 0.857. The Bertz CT molecular complexity index is 194. The molecular formula is C7H11NO2. The smallest absolute Gasteiger partial charge is 0.217 e. The van der Waals surface area contributed by atoms with Gasteiger partial charge in [-0.25, -0.2) is 0 Å². The summed E-state index contributed by atoms with van der Waals surface area (Å²) in [5.74, 6) is 0.0522. The van der Waals surface area contributed by atoms with E-state index in [1.165, 1.54) is 0 Å². The Balaban J connectivity index is 1.95. The molecule has 3 heteroatoms. The lowest BCUT2D eigenvalue weighted by molar-refractivity contribution is -0.119. The minimum absolute atomic E-state index is 0.0522. The predicted molar refractivity (Wildman–Crippen MR) is 35.5 cm³/mol. The van der Waals surface area contributed by atoms with E-state index < -0.39 is 0 Å². The third kappa shape index (κ3) is 0.515. The Labute approximate surface area is 59.7 Å². The Hall–Kier alpha value is -0.570. The molecule has 2 saturated carbocycles. The van der Waals surface area contributed by atoms with E-state index in [1.54, 1.807) is 14.0 Å². The molecule has 0 saturated heterocycles. The molecule has 0 spiro atoms. The molecule has 2 aliphatic carbocycles. The number of carbonyl (C=O) groups excluding carboxylic acids is 1. The SMILES string of the molecule is COC12CC1(NC(C)=O)C2. The number of nitrogens with one attached hydrogen (secondary N) is 1. The van der Waals surface area contributed by atoms with Crippen LogP contribution in [0.4, 0.5) is 0 Å². The van der Waals surface area contributed by atoms with Crippen LogP contribution in [0.2, 0.25) is 0 Å². The van der Waals surface area contributed by atoms with Crippen molar-refractivity contribution < 1.29 is 9.53 Å². The second kappa shape index (κ2) is 1.37. The average Bonchev–Trinajstić information content (AvgIpc) is 2.50. The lowest BCUT2D eigenvalue weighted by Crippen LogP contribution is -2.28. The second-order valence-electron chi connectivity index (χ2n) is 3.32. The van der Waals surface area contributed by atoms with Crippen molar-refractivity contribution in [2.45, 2.75) is 30.9 Å². The lowest BCUT2D eigenvalue weighted by Gasteiger charge is -1.99. The highest BCUT2D eigenvalue weighted by Gasteiger charge is 2.85. The molecule has 0 radical (unpaired) electrons. The minimum atomic E-state index is 0.0522. The number of amides is 1. The van der Waals surface area contributed by atoms with Crippen LogP contribution in [0.5, 0.6) is 0 Å². The molecule has 0 aromatic rings. The van der Waals surface area contributed by atoms with Crippen molar-refractivity contribution >= 4 is 5.91 Å². The standard InChI is InChI=1S/C7H11NO2/c1-5(9)8-6-3-7(6,4-6)10-2/h3-4H2,1-2H3,(H,8,9). The van der Waals surface area contributed by atoms with Crippen molar-refractivity contribution in [1.29, 1.82) is 0 Å². The van der Waals surface area contributed by atoms with Crippen LogP contribution in [0.3, 0.4) is 0 Å². The van der Waals surface area contributed by atoms with E-state index in [4.69, 9.17) is 4.74 Å². The number of carbonyl (C=O) groups is 1. The zero-order chi connectivity index (χ0) is 7.41. The Morgan fingerprint density at radius 3 is 2.50 bits per heavy atom. The first kappa shape index (κ1) is 6.16. The van der Waals surface area contributed by atoms with Gasteiger partial charge in [0.2, 0.25) is 5.91 Å². The molecule has 2 rings (SSSR count). The Morgan fingerprint density at radius 2 is 2.20 bits per heavy atom. The maximum Gasteiger partial charge on any atom is 0.217 e. The number of hydrogen-bond donors (Lipinski definition) is 1. The van der Waals surface area contributed by atoms with Crippen molar-refractivity contribution in [2.24, 2.45) is 0 Å². The Kier molecular flexibility index (Phi) is 0.844. The van der Waals surface area contributed by atoms with Crippen molar-refractivity contribution in [3.63, 3.8) is 0 Å². The third-order valence-corrected chi connectivity index (χ3v) is 2.60. The molecule has 56 valence electrons. The van der Waals surface area contributed by atoms with E-state index in [-0.39, 0.29) is 17.0 Å². The monoisotopic (exact) mass is 141 g/mol. The highest BCUT2D eigenvalue weighted by molar-refractivity contribution is 5.76. The molecule has 0 heterocycles. The molecule has 0 unspecified atom stereocenters. The van der Waals surface area contributed by atoms with Crippen LogP contribution in [0.15, 0.2) is 0 Å². The quantitative estimate of drug-likeness (QED) is 0.590. The molecule has 1 N–H and O–H groups in total. The highest BCUT2D eigenvalue weighted by atomic mass is 16.5. The molecule has 0 aliphatic heterocycles. The van der Waals surface area contributed by atoms with Gasteiger partial charge in [0.1, 0.15) is 0 Å². The summed E-state index contributed by atoms with van der Waals surface area (Å²) in [5, 5.41) is 2.90. The molecule has 10 heavy (non-hydrogen) atoms. The van der Waals surface area contributed by atoms with Crippen LogP contribution in [-0.2, 0) is 9.53 Å². The summed E-state index contributed by atoms with van der Waals surface area (Å²) in [6.45, 7) is 1.55. The lowest BCUT2D eigenvalue weighted by atomic mass is 10.3. The largest absolute Gasteiger partial charge is 0.376 e. The fourth-order valence-corrected chi connectivity index (χ4v) is 1.71. The molecule has 3 nitrogen and oxygen atoms in total. The van der Waals surface area contributed by atoms with Crippen LogP contribution in [0.25, 0.3) is 0 Å². The number of methoxy groups -OCH3 is 1. The summed E-state index contributed by atoms with van der Waals surface area (Å²) in [7, 11) is 1.70. The van der Waals surface area contributed by atoms with Crippen LogP contribution < -0.4 is 5.32 Å². The maximum atomic E-state index is 10.6. The van der Waals surface area contributed by atoms with Crippen molar-refractivity contribution in [3.05, 3.63) is 0 Å². The first-order valence-electron chi connectivity index (χ1n) is 3.48. The van der Waals surface area contributed by atoms with Gasteiger partial charge in [0, 0.05) is 26.9 Å². The number of rotatable bonds is 2. The normalized spacial score (nSPS) is 47.8. The van der Waals surface area contributed by atoms with Gasteiger partial charge in [-0.2, -0.15) is 0 Å². The first-order chi connectivity index (χ1) is 4.64. The van der Waals surface area contributed by atoms with E-state index in [0.29, 0.717) is 0 Å². The summed E-state index contributed by atoms with van der Waals surface area (Å²) in [4.78, 5) is 10.6. The van der Waals surface area contributed by atoms with E-state index in [1.807, 2.05) is 0 Å². The van der Waals surface area contributed by atoms with Gasteiger partial charge in [-0.1, -0.05) is 0 Å². The molecule has 2 fully saturated rings. The fourth-order valence-electron chi connectivity index (χ4n) is 1.71. The third-order valence-electron chi connectivity index (χ3n) is 2.60. The number of ether oxygens (including phenoxy) is 1. The van der Waals surface area contributed by atoms with Crippen LogP contribution in [0, 0.1) is 0 Å². The molecule has 0 bridgehead atoms. The topological polar surface area (TPSA) is 38.3 Å². The summed E-state index contributed by atoms with van der Waals surface area (Å²) in [5.41, 5.74) is 0.117. The minimum Gasteiger partial charge on any atom is -0.376 e. The Morgan fingerprint density at radius 1 is 1.60 bits per heavy atom. The van der Waals surface area contributed by atoms with Gasteiger partial charge in [-0.3, -0.25) is 4.79 Å². The summed E-state index contributed by atoms with van der Waals surface area (Å²) in [6.07, 6.45) is 2.02. The van der Waals surface area contributed by atoms with Gasteiger partial charge in [-0.05, 0) is 0 Å². The van der Waals surface area contributed by atoms with Gasteiger partial charge < -0.3 is 10.1 Å². The van der Waals surface area contributed by atoms with Crippen molar-refractivity contribution in [2.75, 3.05) is 7.11 Å². The van der Waals surface area contributed by atoms with Gasteiger partial charge in [-0.15, -0.1) is 0 Å². The van der Waals surface area contributed by atoms with Crippen LogP contribution in [-0.4, -0.2) is 24.2 Å². The van der Waals surface area contributed by atoms with Crippen LogP contribution in [0.1, 0.15) is 19.8 Å². The van der Waals surface area contributed by atoms with E-state index in [2.05, 4.69) is 5.32 Å². The number of fused-ring (bicyclic) bond motifs is 1. The summed E-state index contributed by atoms with van der Waals surface area (Å²) in [6, 6.07) is 0. The first-order valence-corrected chi connectivity index (χ1v) is 3.48. The van der Waals surface area contributed by atoms with Gasteiger partial charge in [0.25, 0.3) is 0 Å². The molecule has 0 aromatic carbocycles. The summed E-state index contributed by atoms with van der Waals surface area (Å²) >= 11 is 0. The average molecular weight is 141 g/mol. The highest BCUT2D eigenvalue weighted by Crippen LogP contribution is 2.72.